The fourth-order valence-electron chi connectivity index (χ4n) is 4.64. The summed E-state index contributed by atoms with van der Waals surface area (Å²) in [5.41, 5.74) is 13.2. The third-order valence-electron chi connectivity index (χ3n) is 6.33. The maximum atomic E-state index is 6.43. The second kappa shape index (κ2) is 7.30. The molecule has 3 aromatic heterocycles. The van der Waals surface area contributed by atoms with Crippen LogP contribution in [0.4, 0.5) is 11.8 Å². The molecule has 0 bridgehead atoms. The number of nitrogens with two attached hydrogens (primary N) is 2. The Morgan fingerprint density at radius 3 is 2.69 bits per heavy atom. The zero-order chi connectivity index (χ0) is 20.0. The van der Waals surface area contributed by atoms with Gasteiger partial charge in [-0.05, 0) is 43.2 Å². The Morgan fingerprint density at radius 1 is 1.14 bits per heavy atom. The number of hydrogen-bond donors (Lipinski definition) is 2. The van der Waals surface area contributed by atoms with Crippen molar-refractivity contribution < 1.29 is 0 Å². The third kappa shape index (κ3) is 3.31. The third-order valence-corrected chi connectivity index (χ3v) is 7.79. The molecule has 0 unspecified atom stereocenters. The maximum absolute atomic E-state index is 6.43. The van der Waals surface area contributed by atoms with Gasteiger partial charge < -0.3 is 16.4 Å². The smallest absolute Gasteiger partial charge is 0.228 e. The monoisotopic (exact) mass is 430 g/mol. The number of nitrogens with zero attached hydrogens (tertiary/aromatic N) is 6. The van der Waals surface area contributed by atoms with Crippen molar-refractivity contribution in [2.24, 2.45) is 11.1 Å². The highest BCUT2D eigenvalue weighted by Crippen LogP contribution is 2.46. The number of nitrogen functional groups attached to an aromatic ring is 1. The Hall–Kier alpha value is -2.10. The van der Waals surface area contributed by atoms with Crippen molar-refractivity contribution in [1.82, 2.24) is 24.6 Å². The molecule has 2 fully saturated rings. The molecule has 0 amide bonds. The molecule has 1 saturated carbocycles. The minimum Gasteiger partial charge on any atom is -0.384 e. The zero-order valence-electron chi connectivity index (χ0n) is 16.0. The lowest BCUT2D eigenvalue weighted by atomic mass is 9.74. The van der Waals surface area contributed by atoms with E-state index in [0.717, 1.165) is 53.7 Å². The van der Waals surface area contributed by atoms with Crippen molar-refractivity contribution in [3.63, 3.8) is 0 Å². The molecule has 1 saturated heterocycles. The van der Waals surface area contributed by atoms with Gasteiger partial charge in [0.1, 0.15) is 17.3 Å². The second-order valence-electron chi connectivity index (χ2n) is 7.89. The van der Waals surface area contributed by atoms with E-state index in [2.05, 4.69) is 20.0 Å². The first-order valence-corrected chi connectivity index (χ1v) is 11.0. The topological polar surface area (TPSA) is 111 Å². The van der Waals surface area contributed by atoms with E-state index in [9.17, 15) is 0 Å². The van der Waals surface area contributed by atoms with Crippen LogP contribution in [0.5, 0.6) is 0 Å². The molecule has 4 heterocycles. The van der Waals surface area contributed by atoms with Gasteiger partial charge in [-0.3, -0.25) is 0 Å². The van der Waals surface area contributed by atoms with Crippen molar-refractivity contribution in [3.8, 4) is 0 Å². The number of halogens is 1. The van der Waals surface area contributed by atoms with Gasteiger partial charge in [0, 0.05) is 30.2 Å². The molecule has 0 aromatic carbocycles. The van der Waals surface area contributed by atoms with Gasteiger partial charge in [0.15, 0.2) is 5.65 Å². The molecule has 4 N–H and O–H groups in total. The van der Waals surface area contributed by atoms with Crippen LogP contribution in [-0.2, 0) is 0 Å². The average molecular weight is 431 g/mol. The van der Waals surface area contributed by atoms with Crippen LogP contribution in [0.25, 0.3) is 5.65 Å². The van der Waals surface area contributed by atoms with E-state index in [-0.39, 0.29) is 0 Å². The fraction of sp³-hybridized carbons (Fsp3) is 0.474. The van der Waals surface area contributed by atoms with E-state index in [1.807, 2.05) is 16.8 Å². The molecule has 1 aliphatic carbocycles. The largest absolute Gasteiger partial charge is 0.384 e. The molecule has 1 spiro atoms. The van der Waals surface area contributed by atoms with E-state index >= 15 is 0 Å². The van der Waals surface area contributed by atoms with Gasteiger partial charge in [0.2, 0.25) is 5.95 Å². The standard InChI is InChI=1S/C19H23ClN8S/c20-16-12(3-4-15(22)26-16)29-13-10-23-18(28-17(13)24-11-25-28)27-8-6-19(7-9-27)5-1-2-14(19)21/h3-4,10-11,14H,1-2,5-9,21H2,(H2,22,26)/t14-/m1/s1. The van der Waals surface area contributed by atoms with E-state index in [1.165, 1.54) is 24.6 Å². The molecule has 1 atom stereocenters. The lowest BCUT2D eigenvalue weighted by molar-refractivity contribution is 0.196. The van der Waals surface area contributed by atoms with E-state index in [0.29, 0.717) is 22.4 Å². The molecule has 152 valence electrons. The van der Waals surface area contributed by atoms with E-state index < -0.39 is 0 Å². The summed E-state index contributed by atoms with van der Waals surface area (Å²) in [6.07, 6.45) is 9.26. The Labute approximate surface area is 178 Å². The van der Waals surface area contributed by atoms with Crippen molar-refractivity contribution >= 4 is 40.8 Å². The number of rotatable bonds is 3. The van der Waals surface area contributed by atoms with Crippen LogP contribution in [0.2, 0.25) is 5.15 Å². The first kappa shape index (κ1) is 18.9. The lowest BCUT2D eigenvalue weighted by Crippen LogP contribution is -2.47. The van der Waals surface area contributed by atoms with E-state index in [4.69, 9.17) is 28.1 Å². The first-order chi connectivity index (χ1) is 14.1. The number of aromatic nitrogens is 5. The molecular formula is C19H23ClN8S. The van der Waals surface area contributed by atoms with Crippen molar-refractivity contribution in [3.05, 3.63) is 29.8 Å². The molecule has 3 aromatic rings. The predicted octanol–water partition coefficient (Wildman–Crippen LogP) is 3.00. The van der Waals surface area contributed by atoms with Crippen LogP contribution in [-0.4, -0.2) is 43.7 Å². The molecular weight excluding hydrogens is 408 g/mol. The SMILES string of the molecule is Nc1ccc(Sc2cnc(N3CCC4(CCC[C@H]4N)CC3)n3ncnc23)c(Cl)n1. The van der Waals surface area contributed by atoms with Gasteiger partial charge in [-0.2, -0.15) is 9.61 Å². The second-order valence-corrected chi connectivity index (χ2v) is 9.33. The Balaban J connectivity index is 1.41. The fourth-order valence-corrected chi connectivity index (χ4v) is 5.76. The van der Waals surface area contributed by atoms with Gasteiger partial charge >= 0.3 is 0 Å². The number of hydrogen-bond acceptors (Lipinski definition) is 8. The maximum Gasteiger partial charge on any atom is 0.228 e. The van der Waals surface area contributed by atoms with Gasteiger partial charge in [0.25, 0.3) is 0 Å². The summed E-state index contributed by atoms with van der Waals surface area (Å²) >= 11 is 7.69. The quantitative estimate of drug-likeness (QED) is 0.610. The summed E-state index contributed by atoms with van der Waals surface area (Å²) in [6, 6.07) is 3.92. The van der Waals surface area contributed by atoms with Crippen LogP contribution in [0.15, 0.2) is 34.4 Å². The van der Waals surface area contributed by atoms with E-state index in [1.54, 1.807) is 12.4 Å². The molecule has 2 aliphatic rings. The van der Waals surface area contributed by atoms with Crippen LogP contribution < -0.4 is 16.4 Å². The highest BCUT2D eigenvalue weighted by Gasteiger charge is 2.43. The van der Waals surface area contributed by atoms with Gasteiger partial charge in [-0.15, -0.1) is 0 Å². The molecule has 29 heavy (non-hydrogen) atoms. The molecule has 10 heteroatoms. The minimum absolute atomic E-state index is 0.312. The highest BCUT2D eigenvalue weighted by molar-refractivity contribution is 7.99. The van der Waals surface area contributed by atoms with Crippen LogP contribution in [0.1, 0.15) is 32.1 Å². The summed E-state index contributed by atoms with van der Waals surface area (Å²) in [7, 11) is 0. The Morgan fingerprint density at radius 2 is 1.97 bits per heavy atom. The highest BCUT2D eigenvalue weighted by atomic mass is 35.5. The first-order valence-electron chi connectivity index (χ1n) is 9.85. The predicted molar refractivity (Wildman–Crippen MR) is 114 cm³/mol. The van der Waals surface area contributed by atoms with Gasteiger partial charge in [0.05, 0.1) is 4.90 Å². The summed E-state index contributed by atoms with van der Waals surface area (Å²) in [5.74, 6) is 1.22. The van der Waals surface area contributed by atoms with Crippen LogP contribution >= 0.6 is 23.4 Å². The van der Waals surface area contributed by atoms with Crippen LogP contribution in [0, 0.1) is 5.41 Å². The van der Waals surface area contributed by atoms with Crippen LogP contribution in [0.3, 0.4) is 0 Å². The average Bonchev–Trinajstić information content (AvgIpc) is 3.33. The normalized spacial score (nSPS) is 21.3. The number of pyridine rings is 1. The number of anilines is 2. The van der Waals surface area contributed by atoms with Gasteiger partial charge in [-0.25, -0.2) is 15.0 Å². The minimum atomic E-state index is 0.312. The van der Waals surface area contributed by atoms with Crippen molar-refractivity contribution in [2.45, 2.75) is 47.9 Å². The molecule has 5 rings (SSSR count). The Kier molecular flexibility index (Phi) is 4.76. The molecule has 8 nitrogen and oxygen atoms in total. The summed E-state index contributed by atoms with van der Waals surface area (Å²) in [6.45, 7) is 1.88. The number of piperidine rings is 1. The molecule has 1 aliphatic heterocycles. The lowest BCUT2D eigenvalue weighted by Gasteiger charge is -2.42. The summed E-state index contributed by atoms with van der Waals surface area (Å²) < 4.78 is 1.81. The van der Waals surface area contributed by atoms with Crippen molar-refractivity contribution in [2.75, 3.05) is 23.7 Å². The summed E-state index contributed by atoms with van der Waals surface area (Å²) in [4.78, 5) is 17.3. The van der Waals surface area contributed by atoms with Crippen molar-refractivity contribution in [1.29, 1.82) is 0 Å². The number of fused-ring (bicyclic) bond motifs is 1. The Bertz CT molecular complexity index is 1050. The molecule has 0 radical (unpaired) electrons. The summed E-state index contributed by atoms with van der Waals surface area (Å²) in [5, 5.41) is 4.80. The zero-order valence-corrected chi connectivity index (χ0v) is 17.5. The van der Waals surface area contributed by atoms with Gasteiger partial charge in [-0.1, -0.05) is 29.8 Å².